The highest BCUT2D eigenvalue weighted by Gasteiger charge is 2.19. The van der Waals surface area contributed by atoms with Crippen molar-refractivity contribution in [3.63, 3.8) is 0 Å². The fraction of sp³-hybridized carbons (Fsp3) is 0.135. The summed E-state index contributed by atoms with van der Waals surface area (Å²) in [7, 11) is 4.47. The molecule has 0 saturated carbocycles. The number of thioether (sulfide) groups is 1. The molecule has 1 atom stereocenters. The van der Waals surface area contributed by atoms with Gasteiger partial charge in [0.05, 0.1) is 32.3 Å². The molecule has 5 aromatic rings. The van der Waals surface area contributed by atoms with Crippen molar-refractivity contribution in [3.8, 4) is 28.5 Å². The van der Waals surface area contributed by atoms with E-state index in [1.54, 1.807) is 91.2 Å². The van der Waals surface area contributed by atoms with Gasteiger partial charge in [0.1, 0.15) is 17.3 Å². The van der Waals surface area contributed by atoms with E-state index in [9.17, 15) is 18.8 Å². The molecule has 1 unspecified atom stereocenters. The lowest BCUT2D eigenvalue weighted by Crippen LogP contribution is -2.30. The van der Waals surface area contributed by atoms with Crippen LogP contribution in [0.5, 0.6) is 17.2 Å². The molecule has 0 radical (unpaired) electrons. The van der Waals surface area contributed by atoms with E-state index in [0.717, 1.165) is 10.5 Å². The molecule has 0 fully saturated rings. The first-order valence-electron chi connectivity index (χ1n) is 15.2. The predicted molar refractivity (Wildman–Crippen MR) is 195 cm³/mol. The van der Waals surface area contributed by atoms with Crippen molar-refractivity contribution in [3.05, 3.63) is 119 Å². The molecule has 3 N–H and O–H groups in total. The zero-order chi connectivity index (χ0) is 35.6. The number of aromatic nitrogens is 1. The van der Waals surface area contributed by atoms with Crippen LogP contribution in [0.4, 0.5) is 15.2 Å². The van der Waals surface area contributed by atoms with Crippen LogP contribution < -0.4 is 30.2 Å². The van der Waals surface area contributed by atoms with Crippen molar-refractivity contribution in [1.29, 1.82) is 0 Å². The van der Waals surface area contributed by atoms with Crippen molar-refractivity contribution in [2.45, 2.75) is 17.1 Å². The molecule has 0 bridgehead atoms. The first-order valence-corrected chi connectivity index (χ1v) is 16.9. The maximum Gasteiger partial charge on any atom is 0.272 e. The maximum atomic E-state index is 13.6. The molecule has 10 nitrogen and oxygen atoms in total. The Morgan fingerprint density at radius 1 is 0.840 bits per heavy atom. The second kappa shape index (κ2) is 16.6. The van der Waals surface area contributed by atoms with Crippen molar-refractivity contribution >= 4 is 57.7 Å². The number of methoxy groups -OCH3 is 3. The Hall–Kier alpha value is -5.66. The number of rotatable bonds is 13. The summed E-state index contributed by atoms with van der Waals surface area (Å²) in [4.78, 5) is 44.9. The smallest absolute Gasteiger partial charge is 0.272 e. The second-order valence-corrected chi connectivity index (χ2v) is 12.9. The van der Waals surface area contributed by atoms with Crippen LogP contribution in [0.25, 0.3) is 17.3 Å². The average molecular weight is 713 g/mol. The summed E-state index contributed by atoms with van der Waals surface area (Å²) in [6.07, 6.45) is 1.49. The summed E-state index contributed by atoms with van der Waals surface area (Å²) in [6, 6.07) is 24.7. The van der Waals surface area contributed by atoms with Crippen molar-refractivity contribution < 1.29 is 33.0 Å². The number of amides is 3. The lowest BCUT2D eigenvalue weighted by Gasteiger charge is -2.15. The van der Waals surface area contributed by atoms with E-state index < -0.39 is 17.1 Å². The number of benzene rings is 4. The standard InChI is InChI=1S/C37H33FN4O6S2/c1-22(34(43)42-37-41-30(21-49-37)23-10-12-26(38)13-11-23)50-28-16-14-27(15-17-28)39-36(45)29(40-35(44)24-8-6-5-7-9-24)18-25-19-32(47-3)33(48-4)20-31(25)46-2/h5-22H,1-4H3,(H,39,45)(H,40,44)(H,41,42,43)/b29-18-. The van der Waals surface area contributed by atoms with Crippen LogP contribution in [0.15, 0.2) is 107 Å². The summed E-state index contributed by atoms with van der Waals surface area (Å²) in [5.41, 5.74) is 2.65. The van der Waals surface area contributed by atoms with Gasteiger partial charge in [-0.1, -0.05) is 18.2 Å². The minimum atomic E-state index is -0.581. The lowest BCUT2D eigenvalue weighted by molar-refractivity contribution is -0.115. The molecular formula is C37H33FN4O6S2. The maximum absolute atomic E-state index is 13.6. The number of carbonyl (C=O) groups excluding carboxylic acids is 3. The van der Waals surface area contributed by atoms with Gasteiger partial charge in [0.2, 0.25) is 5.91 Å². The van der Waals surface area contributed by atoms with Crippen molar-refractivity contribution in [2.24, 2.45) is 0 Å². The Kier molecular flexibility index (Phi) is 11.9. The third-order valence-electron chi connectivity index (χ3n) is 7.23. The topological polar surface area (TPSA) is 128 Å². The zero-order valence-corrected chi connectivity index (χ0v) is 29.1. The van der Waals surface area contributed by atoms with Gasteiger partial charge in [0, 0.05) is 38.7 Å². The van der Waals surface area contributed by atoms with Crippen LogP contribution in [0, 0.1) is 5.82 Å². The van der Waals surface area contributed by atoms with Crippen molar-refractivity contribution in [1.82, 2.24) is 10.3 Å². The second-order valence-electron chi connectivity index (χ2n) is 10.6. The molecule has 0 aliphatic rings. The fourth-order valence-electron chi connectivity index (χ4n) is 4.63. The quantitative estimate of drug-likeness (QED) is 0.0846. The summed E-state index contributed by atoms with van der Waals surface area (Å²) in [5.74, 6) is -0.389. The number of hydrogen-bond acceptors (Lipinski definition) is 9. The van der Waals surface area contributed by atoms with Crippen LogP contribution in [0.2, 0.25) is 0 Å². The first kappa shape index (κ1) is 35.6. The number of thiazole rings is 1. The molecule has 1 aromatic heterocycles. The number of nitrogens with zero attached hydrogens (tertiary/aromatic N) is 1. The van der Waals surface area contributed by atoms with E-state index in [1.807, 2.05) is 0 Å². The van der Waals surface area contributed by atoms with E-state index in [2.05, 4.69) is 20.9 Å². The van der Waals surface area contributed by atoms with Crippen molar-refractivity contribution in [2.75, 3.05) is 32.0 Å². The Bertz CT molecular complexity index is 2000. The number of halogens is 1. The van der Waals surface area contributed by atoms with E-state index in [4.69, 9.17) is 14.2 Å². The number of nitrogens with one attached hydrogen (secondary N) is 3. The highest BCUT2D eigenvalue weighted by molar-refractivity contribution is 8.00. The summed E-state index contributed by atoms with van der Waals surface area (Å²) in [6.45, 7) is 1.78. The molecule has 1 heterocycles. The Labute approximate surface area is 296 Å². The molecule has 0 spiro atoms. The van der Waals surface area contributed by atoms with Gasteiger partial charge in [0.15, 0.2) is 16.6 Å². The van der Waals surface area contributed by atoms with Crippen LogP contribution in [0.3, 0.4) is 0 Å². The van der Waals surface area contributed by atoms with Gasteiger partial charge in [-0.3, -0.25) is 14.4 Å². The van der Waals surface area contributed by atoms with E-state index in [-0.39, 0.29) is 17.4 Å². The van der Waals surface area contributed by atoms with Gasteiger partial charge >= 0.3 is 0 Å². The number of ether oxygens (including phenoxy) is 3. The third kappa shape index (κ3) is 9.07. The third-order valence-corrected chi connectivity index (χ3v) is 9.10. The summed E-state index contributed by atoms with van der Waals surface area (Å²) >= 11 is 2.62. The molecule has 0 aliphatic heterocycles. The zero-order valence-electron chi connectivity index (χ0n) is 27.5. The van der Waals surface area contributed by atoms with Gasteiger partial charge in [0.25, 0.3) is 11.8 Å². The predicted octanol–water partition coefficient (Wildman–Crippen LogP) is 7.50. The highest BCUT2D eigenvalue weighted by atomic mass is 32.2. The largest absolute Gasteiger partial charge is 0.496 e. The average Bonchev–Trinajstić information content (AvgIpc) is 3.60. The monoisotopic (exact) mass is 712 g/mol. The normalized spacial score (nSPS) is 11.7. The first-order chi connectivity index (χ1) is 24.2. The van der Waals surface area contributed by atoms with Gasteiger partial charge in [-0.2, -0.15) is 0 Å². The van der Waals surface area contributed by atoms with Gasteiger partial charge in [-0.05, 0) is 79.7 Å². The molecule has 5 rings (SSSR count). The minimum Gasteiger partial charge on any atom is -0.496 e. The molecular weight excluding hydrogens is 680 g/mol. The fourth-order valence-corrected chi connectivity index (χ4v) is 6.22. The molecule has 256 valence electrons. The molecule has 0 aliphatic carbocycles. The minimum absolute atomic E-state index is 0.0436. The van der Waals surface area contributed by atoms with E-state index in [1.165, 1.54) is 62.6 Å². The van der Waals surface area contributed by atoms with Crippen LogP contribution >= 0.6 is 23.1 Å². The molecule has 0 saturated heterocycles. The van der Waals surface area contributed by atoms with Crippen LogP contribution in [-0.4, -0.2) is 49.3 Å². The molecule has 50 heavy (non-hydrogen) atoms. The summed E-state index contributed by atoms with van der Waals surface area (Å²) < 4.78 is 29.6. The van der Waals surface area contributed by atoms with E-state index in [0.29, 0.717) is 44.9 Å². The lowest BCUT2D eigenvalue weighted by atomic mass is 10.1. The van der Waals surface area contributed by atoms with E-state index >= 15 is 0 Å². The number of anilines is 2. The number of carbonyl (C=O) groups is 3. The molecule has 3 amide bonds. The van der Waals surface area contributed by atoms with Crippen LogP contribution in [-0.2, 0) is 9.59 Å². The molecule has 13 heteroatoms. The summed E-state index contributed by atoms with van der Waals surface area (Å²) in [5, 5.41) is 10.1. The van der Waals surface area contributed by atoms with Crippen LogP contribution in [0.1, 0.15) is 22.8 Å². The van der Waals surface area contributed by atoms with Gasteiger partial charge < -0.3 is 30.2 Å². The van der Waals surface area contributed by atoms with Gasteiger partial charge in [-0.15, -0.1) is 23.1 Å². The Morgan fingerprint density at radius 2 is 1.50 bits per heavy atom. The highest BCUT2D eigenvalue weighted by Crippen LogP contribution is 2.36. The van der Waals surface area contributed by atoms with Gasteiger partial charge in [-0.25, -0.2) is 9.37 Å². The Balaban J connectivity index is 1.28. The SMILES string of the molecule is COc1cc(OC)c(OC)cc1/C=C(\NC(=O)c1ccccc1)C(=O)Nc1ccc(SC(C)C(=O)Nc2nc(-c3ccc(F)cc3)cs2)cc1. The molecule has 4 aromatic carbocycles. The Morgan fingerprint density at radius 3 is 2.16 bits per heavy atom. The number of hydrogen-bond donors (Lipinski definition) is 3.